The Bertz CT molecular complexity index is 1530. The largest absolute Gasteiger partial charge is 0.269 e. The number of nitrogens with zero attached hydrogens (tertiary/aromatic N) is 2. The van der Waals surface area contributed by atoms with Crippen molar-refractivity contribution >= 4 is 43.4 Å². The second kappa shape index (κ2) is 7.52. The van der Waals surface area contributed by atoms with Crippen LogP contribution in [0.2, 0.25) is 5.02 Å². The van der Waals surface area contributed by atoms with Gasteiger partial charge in [0.2, 0.25) is 0 Å². The van der Waals surface area contributed by atoms with E-state index in [1.165, 1.54) is 3.97 Å². The van der Waals surface area contributed by atoms with E-state index in [4.69, 9.17) is 16.6 Å². The minimum absolute atomic E-state index is 0.213. The fraction of sp³-hybridized carbons (Fsp3) is 0.0800. The van der Waals surface area contributed by atoms with Gasteiger partial charge < -0.3 is 0 Å². The zero-order chi connectivity index (χ0) is 21.6. The van der Waals surface area contributed by atoms with E-state index in [1.54, 1.807) is 30.3 Å². The van der Waals surface area contributed by atoms with Gasteiger partial charge >= 0.3 is 0 Å². The van der Waals surface area contributed by atoms with E-state index in [0.29, 0.717) is 21.9 Å². The van der Waals surface area contributed by atoms with Crippen LogP contribution in [-0.4, -0.2) is 17.4 Å². The topological polar surface area (TPSA) is 52.0 Å². The molecule has 1 heterocycles. The Balaban J connectivity index is 1.86. The fourth-order valence-electron chi connectivity index (χ4n) is 3.86. The van der Waals surface area contributed by atoms with Gasteiger partial charge in [-0.2, -0.15) is 0 Å². The van der Waals surface area contributed by atoms with Crippen LogP contribution in [0.3, 0.4) is 0 Å². The van der Waals surface area contributed by atoms with Crippen LogP contribution in [0.15, 0.2) is 89.8 Å². The predicted molar refractivity (Wildman–Crippen MR) is 126 cm³/mol. The molecule has 0 N–H and O–H groups in total. The molecule has 0 radical (unpaired) electrons. The summed E-state index contributed by atoms with van der Waals surface area (Å²) in [6, 6.07) is 25.8. The molecular formula is C25H19ClN2O2S. The number of benzene rings is 4. The lowest BCUT2D eigenvalue weighted by atomic mass is 10.0. The highest BCUT2D eigenvalue weighted by molar-refractivity contribution is 7.90. The molecule has 4 nitrogen and oxygen atoms in total. The highest BCUT2D eigenvalue weighted by atomic mass is 35.5. The molecule has 0 aliphatic rings. The number of hydrogen-bond acceptors (Lipinski definition) is 3. The third-order valence-electron chi connectivity index (χ3n) is 5.48. The van der Waals surface area contributed by atoms with Crippen LogP contribution in [-0.2, 0) is 16.4 Å². The quantitative estimate of drug-likeness (QED) is 0.325. The van der Waals surface area contributed by atoms with Crippen molar-refractivity contribution < 1.29 is 8.42 Å². The van der Waals surface area contributed by atoms with E-state index in [0.717, 1.165) is 28.3 Å². The van der Waals surface area contributed by atoms with Gasteiger partial charge in [-0.15, -0.1) is 0 Å². The van der Waals surface area contributed by atoms with E-state index in [9.17, 15) is 8.42 Å². The number of aromatic nitrogens is 2. The molecule has 0 spiro atoms. The highest BCUT2D eigenvalue weighted by Crippen LogP contribution is 2.34. The molecule has 154 valence electrons. The smallest absolute Gasteiger partial charge is 0.227 e. The first-order valence-electron chi connectivity index (χ1n) is 9.99. The molecule has 5 aromatic rings. The number of fused-ring (bicyclic) bond motifs is 2. The van der Waals surface area contributed by atoms with E-state index in [1.807, 2.05) is 61.5 Å². The van der Waals surface area contributed by atoms with E-state index >= 15 is 0 Å². The maximum atomic E-state index is 13.8. The van der Waals surface area contributed by atoms with Crippen LogP contribution < -0.4 is 0 Å². The molecule has 0 atom stereocenters. The van der Waals surface area contributed by atoms with Gasteiger partial charge in [0.05, 0.1) is 15.9 Å². The third-order valence-corrected chi connectivity index (χ3v) is 7.43. The summed E-state index contributed by atoms with van der Waals surface area (Å²) in [6.45, 7) is 2.04. The SMILES string of the molecule is CCc1ccc(S(=O)(=O)n2c(-c3cccc4ccccc34)nc3ccc(Cl)cc32)cc1. The lowest BCUT2D eigenvalue weighted by Crippen LogP contribution is -2.14. The third kappa shape index (κ3) is 3.30. The molecule has 0 fully saturated rings. The van der Waals surface area contributed by atoms with Crippen molar-refractivity contribution in [2.45, 2.75) is 18.2 Å². The Morgan fingerprint density at radius 2 is 1.65 bits per heavy atom. The molecule has 0 saturated heterocycles. The second-order valence-corrected chi connectivity index (χ2v) is 9.59. The molecule has 0 bridgehead atoms. The average Bonchev–Trinajstić information content (AvgIpc) is 3.18. The molecule has 0 unspecified atom stereocenters. The summed E-state index contributed by atoms with van der Waals surface area (Å²) in [5, 5.41) is 2.40. The normalized spacial score (nSPS) is 11.9. The Kier molecular flexibility index (Phi) is 4.80. The standard InChI is InChI=1S/C25H19ClN2O2S/c1-2-17-10-13-20(14-11-17)31(29,30)28-24-16-19(26)12-15-23(24)27-25(28)22-9-5-7-18-6-3-4-8-21(18)22/h3-16H,2H2,1H3. The fourth-order valence-corrected chi connectivity index (χ4v) is 5.49. The minimum Gasteiger partial charge on any atom is -0.227 e. The highest BCUT2D eigenvalue weighted by Gasteiger charge is 2.26. The summed E-state index contributed by atoms with van der Waals surface area (Å²) in [5.41, 5.74) is 2.85. The molecular weight excluding hydrogens is 428 g/mol. The van der Waals surface area contributed by atoms with E-state index in [2.05, 4.69) is 0 Å². The average molecular weight is 447 g/mol. The molecule has 0 aliphatic carbocycles. The van der Waals surface area contributed by atoms with Crippen LogP contribution in [0.1, 0.15) is 12.5 Å². The summed E-state index contributed by atoms with van der Waals surface area (Å²) < 4.78 is 29.0. The van der Waals surface area contributed by atoms with Crippen LogP contribution >= 0.6 is 11.6 Å². The summed E-state index contributed by atoms with van der Waals surface area (Å²) in [7, 11) is -3.92. The minimum atomic E-state index is -3.92. The lowest BCUT2D eigenvalue weighted by Gasteiger charge is -2.13. The first kappa shape index (κ1) is 19.8. The number of halogens is 1. The predicted octanol–water partition coefficient (Wildman–Crippen LogP) is 6.31. The van der Waals surface area contributed by atoms with Crippen molar-refractivity contribution in [3.63, 3.8) is 0 Å². The van der Waals surface area contributed by atoms with Crippen LogP contribution in [0.5, 0.6) is 0 Å². The first-order valence-corrected chi connectivity index (χ1v) is 11.8. The Morgan fingerprint density at radius 1 is 0.903 bits per heavy atom. The molecule has 0 aliphatic heterocycles. The molecule has 5 rings (SSSR count). The van der Waals surface area contributed by atoms with Crippen molar-refractivity contribution in [3.05, 3.63) is 95.5 Å². The van der Waals surface area contributed by atoms with Gasteiger partial charge in [0.1, 0.15) is 0 Å². The Labute approximate surface area is 185 Å². The van der Waals surface area contributed by atoms with Crippen molar-refractivity contribution in [2.24, 2.45) is 0 Å². The molecule has 31 heavy (non-hydrogen) atoms. The molecule has 1 aromatic heterocycles. The number of hydrogen-bond donors (Lipinski definition) is 0. The van der Waals surface area contributed by atoms with Crippen molar-refractivity contribution in [2.75, 3.05) is 0 Å². The Morgan fingerprint density at radius 3 is 2.42 bits per heavy atom. The van der Waals surface area contributed by atoms with Gasteiger partial charge in [0, 0.05) is 10.6 Å². The maximum absolute atomic E-state index is 13.8. The summed E-state index contributed by atoms with van der Waals surface area (Å²) >= 11 is 6.24. The zero-order valence-electron chi connectivity index (χ0n) is 16.8. The number of aryl methyl sites for hydroxylation is 1. The van der Waals surface area contributed by atoms with E-state index < -0.39 is 10.0 Å². The Hall–Kier alpha value is -3.15. The van der Waals surface area contributed by atoms with Crippen LogP contribution in [0, 0.1) is 0 Å². The summed E-state index contributed by atoms with van der Waals surface area (Å²) in [5.74, 6) is 0.369. The van der Waals surface area contributed by atoms with Gasteiger partial charge in [-0.3, -0.25) is 0 Å². The molecule has 0 saturated carbocycles. The number of rotatable bonds is 4. The number of imidazole rings is 1. The van der Waals surface area contributed by atoms with Gasteiger partial charge in [-0.1, -0.05) is 73.1 Å². The molecule has 4 aromatic carbocycles. The summed E-state index contributed by atoms with van der Waals surface area (Å²) in [6.07, 6.45) is 0.838. The second-order valence-electron chi connectivity index (χ2n) is 7.36. The zero-order valence-corrected chi connectivity index (χ0v) is 18.4. The first-order chi connectivity index (χ1) is 15.0. The summed E-state index contributed by atoms with van der Waals surface area (Å²) in [4.78, 5) is 4.94. The monoisotopic (exact) mass is 446 g/mol. The van der Waals surface area contributed by atoms with Crippen LogP contribution in [0.4, 0.5) is 0 Å². The van der Waals surface area contributed by atoms with Crippen molar-refractivity contribution in [1.29, 1.82) is 0 Å². The van der Waals surface area contributed by atoms with E-state index in [-0.39, 0.29) is 4.90 Å². The van der Waals surface area contributed by atoms with Gasteiger partial charge in [0.25, 0.3) is 10.0 Å². The van der Waals surface area contributed by atoms with Crippen molar-refractivity contribution in [3.8, 4) is 11.4 Å². The van der Waals surface area contributed by atoms with Crippen molar-refractivity contribution in [1.82, 2.24) is 8.96 Å². The molecule has 0 amide bonds. The molecule has 6 heteroatoms. The van der Waals surface area contributed by atoms with Gasteiger partial charge in [0.15, 0.2) is 5.82 Å². The maximum Gasteiger partial charge on any atom is 0.269 e. The lowest BCUT2D eigenvalue weighted by molar-refractivity contribution is 0.589. The van der Waals surface area contributed by atoms with Crippen LogP contribution in [0.25, 0.3) is 33.2 Å². The van der Waals surface area contributed by atoms with Gasteiger partial charge in [-0.05, 0) is 53.1 Å². The van der Waals surface area contributed by atoms with Gasteiger partial charge in [-0.25, -0.2) is 17.4 Å².